The fourth-order valence-corrected chi connectivity index (χ4v) is 3.20. The van der Waals surface area contributed by atoms with E-state index in [4.69, 9.17) is 4.74 Å². The number of Topliss-reactive ketones (excluding diaryl/α,β-unsaturated/α-hetero) is 1. The van der Waals surface area contributed by atoms with Gasteiger partial charge in [0.15, 0.2) is 12.4 Å². The summed E-state index contributed by atoms with van der Waals surface area (Å²) < 4.78 is 5.07. The maximum Gasteiger partial charge on any atom is 0.355 e. The molecule has 1 fully saturated rings. The van der Waals surface area contributed by atoms with Crippen LogP contribution in [0.1, 0.15) is 71.1 Å². The Bertz CT molecular complexity index is 612. The molecular formula is C17H24N2O4. The number of carbonyl (C=O) groups is 3. The first kappa shape index (κ1) is 17.2. The van der Waals surface area contributed by atoms with Crippen LogP contribution in [0.3, 0.4) is 0 Å². The second-order valence-corrected chi connectivity index (χ2v) is 6.16. The van der Waals surface area contributed by atoms with Crippen LogP contribution in [0, 0.1) is 13.8 Å². The van der Waals surface area contributed by atoms with Gasteiger partial charge in [-0.25, -0.2) is 4.79 Å². The Balaban J connectivity index is 1.90. The van der Waals surface area contributed by atoms with E-state index < -0.39 is 5.97 Å². The first-order valence-electron chi connectivity index (χ1n) is 8.06. The number of aromatic nitrogens is 1. The number of rotatable bonds is 5. The molecule has 0 unspecified atom stereocenters. The average molecular weight is 320 g/mol. The molecule has 1 heterocycles. The van der Waals surface area contributed by atoms with Crippen LogP contribution in [0.2, 0.25) is 0 Å². The lowest BCUT2D eigenvalue weighted by Crippen LogP contribution is -2.38. The molecule has 1 aromatic rings. The number of ether oxygens (including phenoxy) is 1. The Labute approximate surface area is 136 Å². The smallest absolute Gasteiger partial charge is 0.355 e. The monoisotopic (exact) mass is 320 g/mol. The molecule has 0 spiro atoms. The normalized spacial score (nSPS) is 15.3. The first-order valence-corrected chi connectivity index (χ1v) is 8.06. The third-order valence-electron chi connectivity index (χ3n) is 4.30. The molecule has 6 heteroatoms. The summed E-state index contributed by atoms with van der Waals surface area (Å²) in [6.45, 7) is 4.58. The fourth-order valence-electron chi connectivity index (χ4n) is 3.20. The van der Waals surface area contributed by atoms with E-state index in [2.05, 4.69) is 10.3 Å². The van der Waals surface area contributed by atoms with Crippen molar-refractivity contribution in [1.29, 1.82) is 0 Å². The van der Waals surface area contributed by atoms with E-state index in [1.165, 1.54) is 13.3 Å². The molecule has 6 nitrogen and oxygen atoms in total. The summed E-state index contributed by atoms with van der Waals surface area (Å²) >= 11 is 0. The number of aromatic amines is 1. The quantitative estimate of drug-likeness (QED) is 0.644. The Hall–Kier alpha value is -2.11. The molecule has 1 aliphatic rings. The van der Waals surface area contributed by atoms with E-state index in [1.54, 1.807) is 13.8 Å². The van der Waals surface area contributed by atoms with Crippen molar-refractivity contribution in [1.82, 2.24) is 10.3 Å². The predicted octanol–water partition coefficient (Wildman–Crippen LogP) is 2.44. The van der Waals surface area contributed by atoms with Gasteiger partial charge in [0.05, 0.1) is 0 Å². The molecule has 0 radical (unpaired) electrons. The van der Waals surface area contributed by atoms with Gasteiger partial charge in [-0.2, -0.15) is 0 Å². The molecule has 1 amide bonds. The Morgan fingerprint density at radius 3 is 2.39 bits per heavy atom. The van der Waals surface area contributed by atoms with Gasteiger partial charge in [0.25, 0.3) is 5.91 Å². The van der Waals surface area contributed by atoms with Crippen molar-refractivity contribution >= 4 is 17.7 Å². The highest BCUT2D eigenvalue weighted by molar-refractivity contribution is 6.01. The van der Waals surface area contributed by atoms with E-state index >= 15 is 0 Å². The van der Waals surface area contributed by atoms with Gasteiger partial charge in [0, 0.05) is 17.3 Å². The van der Waals surface area contributed by atoms with Gasteiger partial charge in [0.1, 0.15) is 5.69 Å². The van der Waals surface area contributed by atoms with Crippen molar-refractivity contribution in [2.45, 2.75) is 58.9 Å². The maximum absolute atomic E-state index is 12.1. The van der Waals surface area contributed by atoms with Gasteiger partial charge in [-0.1, -0.05) is 19.3 Å². The average Bonchev–Trinajstić information content (AvgIpc) is 2.81. The van der Waals surface area contributed by atoms with Crippen molar-refractivity contribution in [3.05, 3.63) is 22.5 Å². The molecule has 0 atom stereocenters. The minimum atomic E-state index is -0.614. The zero-order valence-corrected chi connectivity index (χ0v) is 14.0. The van der Waals surface area contributed by atoms with Gasteiger partial charge >= 0.3 is 5.97 Å². The molecule has 1 aromatic heterocycles. The summed E-state index contributed by atoms with van der Waals surface area (Å²) in [7, 11) is 0. The van der Waals surface area contributed by atoms with Crippen LogP contribution in [0.5, 0.6) is 0 Å². The van der Waals surface area contributed by atoms with Gasteiger partial charge in [-0.3, -0.25) is 9.59 Å². The lowest BCUT2D eigenvalue weighted by molar-refractivity contribution is -0.125. The molecule has 1 aliphatic carbocycles. The molecule has 0 aromatic carbocycles. The van der Waals surface area contributed by atoms with Crippen molar-refractivity contribution in [3.8, 4) is 0 Å². The van der Waals surface area contributed by atoms with Crippen LogP contribution in [0.15, 0.2) is 0 Å². The Morgan fingerprint density at radius 2 is 1.83 bits per heavy atom. The number of hydrogen-bond donors (Lipinski definition) is 2. The van der Waals surface area contributed by atoms with Crippen molar-refractivity contribution in [3.63, 3.8) is 0 Å². The molecule has 0 bridgehead atoms. The number of H-pyrrole nitrogens is 1. The lowest BCUT2D eigenvalue weighted by Gasteiger charge is -2.22. The summed E-state index contributed by atoms with van der Waals surface area (Å²) in [4.78, 5) is 38.4. The molecule has 1 saturated carbocycles. The van der Waals surface area contributed by atoms with Crippen LogP contribution in [-0.4, -0.2) is 35.3 Å². The number of ketones is 1. The number of hydrogen-bond acceptors (Lipinski definition) is 4. The van der Waals surface area contributed by atoms with Crippen LogP contribution in [0.25, 0.3) is 0 Å². The van der Waals surface area contributed by atoms with Gasteiger partial charge in [0.2, 0.25) is 0 Å². The molecule has 23 heavy (non-hydrogen) atoms. The fraction of sp³-hybridized carbons (Fsp3) is 0.588. The zero-order chi connectivity index (χ0) is 17.0. The summed E-state index contributed by atoms with van der Waals surface area (Å²) in [5, 5.41) is 2.89. The Morgan fingerprint density at radius 1 is 1.17 bits per heavy atom. The molecule has 126 valence electrons. The van der Waals surface area contributed by atoms with Gasteiger partial charge in [-0.15, -0.1) is 0 Å². The van der Waals surface area contributed by atoms with Gasteiger partial charge < -0.3 is 15.0 Å². The number of nitrogens with one attached hydrogen (secondary N) is 2. The molecule has 0 saturated heterocycles. The summed E-state index contributed by atoms with van der Waals surface area (Å²) in [5.41, 5.74) is 1.93. The zero-order valence-electron chi connectivity index (χ0n) is 14.0. The first-order chi connectivity index (χ1) is 10.9. The van der Waals surface area contributed by atoms with Crippen LogP contribution < -0.4 is 5.32 Å². The topological polar surface area (TPSA) is 88.3 Å². The van der Waals surface area contributed by atoms with Gasteiger partial charge in [-0.05, 0) is 39.2 Å². The second-order valence-electron chi connectivity index (χ2n) is 6.16. The molecule has 2 N–H and O–H groups in total. The van der Waals surface area contributed by atoms with E-state index in [9.17, 15) is 14.4 Å². The third kappa shape index (κ3) is 4.21. The standard InChI is InChI=1S/C17H24N2O4/c1-10-15(12(3)20)11(2)18-16(10)17(22)23-9-14(21)19-13-7-5-4-6-8-13/h13,18H,4-9H2,1-3H3,(H,19,21). The van der Waals surface area contributed by atoms with Crippen LogP contribution in [-0.2, 0) is 9.53 Å². The largest absolute Gasteiger partial charge is 0.451 e. The second kappa shape index (κ2) is 7.44. The van der Waals surface area contributed by atoms with Crippen LogP contribution >= 0.6 is 0 Å². The summed E-state index contributed by atoms with van der Waals surface area (Å²) in [6, 6.07) is 0.189. The van der Waals surface area contributed by atoms with E-state index in [-0.39, 0.29) is 30.0 Å². The molecule has 0 aliphatic heterocycles. The van der Waals surface area contributed by atoms with Crippen LogP contribution in [0.4, 0.5) is 0 Å². The van der Waals surface area contributed by atoms with Crippen molar-refractivity contribution in [2.24, 2.45) is 0 Å². The number of carbonyl (C=O) groups excluding carboxylic acids is 3. The summed E-state index contributed by atoms with van der Waals surface area (Å²) in [6.07, 6.45) is 5.43. The maximum atomic E-state index is 12.1. The number of esters is 1. The highest BCUT2D eigenvalue weighted by Gasteiger charge is 2.22. The predicted molar refractivity (Wildman–Crippen MR) is 85.6 cm³/mol. The van der Waals surface area contributed by atoms with E-state index in [0.29, 0.717) is 16.8 Å². The molecular weight excluding hydrogens is 296 g/mol. The number of aryl methyl sites for hydroxylation is 1. The van der Waals surface area contributed by atoms with E-state index in [1.807, 2.05) is 0 Å². The third-order valence-corrected chi connectivity index (χ3v) is 4.30. The van der Waals surface area contributed by atoms with Crippen molar-refractivity contribution in [2.75, 3.05) is 6.61 Å². The Kier molecular flexibility index (Phi) is 5.58. The van der Waals surface area contributed by atoms with Crippen molar-refractivity contribution < 1.29 is 19.1 Å². The lowest BCUT2D eigenvalue weighted by atomic mass is 9.95. The minimum Gasteiger partial charge on any atom is -0.451 e. The van der Waals surface area contributed by atoms with E-state index in [0.717, 1.165) is 25.7 Å². The highest BCUT2D eigenvalue weighted by Crippen LogP contribution is 2.19. The SMILES string of the molecule is CC(=O)c1c(C)[nH]c(C(=O)OCC(=O)NC2CCCCC2)c1C. The minimum absolute atomic E-state index is 0.106. The summed E-state index contributed by atoms with van der Waals surface area (Å²) in [5.74, 6) is -1.000. The molecule has 2 rings (SSSR count). The number of amides is 1. The highest BCUT2D eigenvalue weighted by atomic mass is 16.5.